The first kappa shape index (κ1) is 10.8. The van der Waals surface area contributed by atoms with E-state index in [2.05, 4.69) is 19.4 Å². The van der Waals surface area contributed by atoms with Crippen molar-refractivity contribution in [3.05, 3.63) is 32.7 Å². The first-order valence-corrected chi connectivity index (χ1v) is 5.41. The van der Waals surface area contributed by atoms with Gasteiger partial charge in [-0.15, -0.1) is 0 Å². The van der Waals surface area contributed by atoms with Crippen LogP contribution in [-0.2, 0) is 9.33 Å². The summed E-state index contributed by atoms with van der Waals surface area (Å²) >= 11 is 0. The highest BCUT2D eigenvalue weighted by molar-refractivity contribution is 8.10. The lowest BCUT2D eigenvalue weighted by atomic mass is 10.5. The zero-order chi connectivity index (χ0) is 10.9. The van der Waals surface area contributed by atoms with Crippen molar-refractivity contribution < 1.29 is 17.1 Å². The Labute approximate surface area is 82.1 Å². The van der Waals surface area contributed by atoms with Gasteiger partial charge >= 0.3 is 15.1 Å². The third-order valence-corrected chi connectivity index (χ3v) is 1.60. The van der Waals surface area contributed by atoms with Crippen LogP contribution in [0.2, 0.25) is 0 Å². The molecule has 78 valence electrons. The van der Waals surface area contributed by atoms with E-state index in [9.17, 15) is 18.0 Å². The molecule has 0 atom stereocenters. The van der Waals surface area contributed by atoms with Gasteiger partial charge in [-0.05, 0) is 6.92 Å². The molecule has 0 saturated carbocycles. The predicted molar refractivity (Wildman–Crippen MR) is 45.3 cm³/mol. The van der Waals surface area contributed by atoms with Gasteiger partial charge in [0.15, 0.2) is 0 Å². The molecule has 14 heavy (non-hydrogen) atoms. The van der Waals surface area contributed by atoms with Crippen LogP contribution in [0.5, 0.6) is 0 Å². The molecule has 0 bridgehead atoms. The highest BCUT2D eigenvalue weighted by atomic mass is 35.7. The van der Waals surface area contributed by atoms with Gasteiger partial charge in [0.25, 0.3) is 5.56 Å². The van der Waals surface area contributed by atoms with Crippen LogP contribution in [-0.4, -0.2) is 13.1 Å². The second-order valence-corrected chi connectivity index (χ2v) is 4.29. The number of aromatic nitrogens is 1. The lowest BCUT2D eigenvalue weighted by Crippen LogP contribution is -2.38. The first-order valence-electron chi connectivity index (χ1n) is 3.18. The number of hydrogen-bond acceptors (Lipinski definition) is 6. The molecular weight excluding hydrogens is 238 g/mol. The molecule has 0 N–H and O–H groups in total. The maximum absolute atomic E-state index is 11.0. The zero-order valence-electron chi connectivity index (χ0n) is 6.76. The second kappa shape index (κ2) is 3.46. The molecule has 0 aliphatic rings. The fourth-order valence-electron chi connectivity index (χ4n) is 0.687. The van der Waals surface area contributed by atoms with Crippen LogP contribution in [0, 0.1) is 6.92 Å². The van der Waals surface area contributed by atoms with E-state index in [1.54, 1.807) is 0 Å². The SMILES string of the molecule is Cc1cc(=O)n(OS(=O)(=O)Cl)c(=O)o1. The standard InChI is InChI=1S/C5H4ClNO6S/c1-3-2-4(8)7(5(9)12-3)13-14(6,10)11/h2H,1H3. The van der Waals surface area contributed by atoms with Gasteiger partial charge in [-0.1, -0.05) is 4.73 Å². The topological polar surface area (TPSA) is 95.6 Å². The van der Waals surface area contributed by atoms with E-state index in [0.717, 1.165) is 6.07 Å². The van der Waals surface area contributed by atoms with Crippen LogP contribution in [0.1, 0.15) is 5.76 Å². The molecule has 0 amide bonds. The summed E-state index contributed by atoms with van der Waals surface area (Å²) in [5.74, 6) is -1.23. The molecule has 0 fully saturated rings. The Morgan fingerprint density at radius 3 is 2.50 bits per heavy atom. The molecule has 0 aromatic carbocycles. The van der Waals surface area contributed by atoms with E-state index in [1.165, 1.54) is 6.92 Å². The van der Waals surface area contributed by atoms with Gasteiger partial charge in [0.05, 0.1) is 10.7 Å². The Morgan fingerprint density at radius 1 is 1.50 bits per heavy atom. The fraction of sp³-hybridized carbons (Fsp3) is 0.200. The molecule has 0 spiro atoms. The lowest BCUT2D eigenvalue weighted by Gasteiger charge is -2.00. The van der Waals surface area contributed by atoms with E-state index in [0.29, 0.717) is 0 Å². The molecule has 0 unspecified atom stereocenters. The van der Waals surface area contributed by atoms with Crippen LogP contribution in [0.4, 0.5) is 0 Å². The smallest absolute Gasteiger partial charge is 0.412 e. The van der Waals surface area contributed by atoms with Crippen molar-refractivity contribution in [2.45, 2.75) is 6.92 Å². The van der Waals surface area contributed by atoms with Gasteiger partial charge in [0.2, 0.25) is 0 Å². The van der Waals surface area contributed by atoms with Crippen LogP contribution in [0.25, 0.3) is 0 Å². The van der Waals surface area contributed by atoms with E-state index >= 15 is 0 Å². The Morgan fingerprint density at radius 2 is 2.07 bits per heavy atom. The molecule has 1 rings (SSSR count). The van der Waals surface area contributed by atoms with E-state index < -0.39 is 20.6 Å². The van der Waals surface area contributed by atoms with Gasteiger partial charge in [0, 0.05) is 6.07 Å². The van der Waals surface area contributed by atoms with E-state index in [1.807, 2.05) is 0 Å². The summed E-state index contributed by atoms with van der Waals surface area (Å²) in [6.45, 7) is 1.35. The molecule has 0 saturated heterocycles. The number of halogens is 1. The van der Waals surface area contributed by atoms with Crippen molar-refractivity contribution in [3.63, 3.8) is 0 Å². The van der Waals surface area contributed by atoms with Gasteiger partial charge in [-0.25, -0.2) is 4.79 Å². The van der Waals surface area contributed by atoms with Crippen molar-refractivity contribution in [2.24, 2.45) is 0 Å². The number of nitrogens with zero attached hydrogens (tertiary/aromatic N) is 1. The fourth-order valence-corrected chi connectivity index (χ4v) is 1.17. The van der Waals surface area contributed by atoms with E-state index in [-0.39, 0.29) is 10.5 Å². The third kappa shape index (κ3) is 2.60. The quantitative estimate of drug-likeness (QED) is 0.618. The number of aryl methyl sites for hydroxylation is 1. The van der Waals surface area contributed by atoms with Gasteiger partial charge < -0.3 is 4.42 Å². The van der Waals surface area contributed by atoms with Crippen LogP contribution < -0.4 is 15.6 Å². The van der Waals surface area contributed by atoms with Crippen molar-refractivity contribution in [1.29, 1.82) is 0 Å². The monoisotopic (exact) mass is 241 g/mol. The normalized spacial score (nSPS) is 11.3. The molecule has 0 aliphatic heterocycles. The van der Waals surface area contributed by atoms with Crippen molar-refractivity contribution in [1.82, 2.24) is 4.73 Å². The zero-order valence-corrected chi connectivity index (χ0v) is 8.33. The van der Waals surface area contributed by atoms with Gasteiger partial charge in [-0.2, -0.15) is 8.42 Å². The molecule has 7 nitrogen and oxygen atoms in total. The summed E-state index contributed by atoms with van der Waals surface area (Å²) in [4.78, 5) is 21.9. The Hall–Kier alpha value is -1.28. The largest absolute Gasteiger partial charge is 0.457 e. The molecule has 0 radical (unpaired) electrons. The minimum atomic E-state index is -4.46. The van der Waals surface area contributed by atoms with Crippen LogP contribution in [0.3, 0.4) is 0 Å². The Balaban J connectivity index is 3.38. The summed E-state index contributed by atoms with van der Waals surface area (Å²) in [7, 11) is 0.201. The highest BCUT2D eigenvalue weighted by Crippen LogP contribution is 1.91. The van der Waals surface area contributed by atoms with Gasteiger partial charge in [0.1, 0.15) is 5.76 Å². The second-order valence-electron chi connectivity index (χ2n) is 2.22. The molecular formula is C5H4ClNO6S. The Kier molecular flexibility index (Phi) is 2.67. The van der Waals surface area contributed by atoms with Crippen molar-refractivity contribution in [3.8, 4) is 0 Å². The summed E-state index contributed by atoms with van der Waals surface area (Å²) in [5.41, 5.74) is -0.983. The molecule has 9 heteroatoms. The number of rotatable bonds is 2. The molecule has 1 aromatic heterocycles. The minimum Gasteiger partial charge on any atom is -0.412 e. The third-order valence-electron chi connectivity index (χ3n) is 1.10. The van der Waals surface area contributed by atoms with Crippen LogP contribution in [0.15, 0.2) is 20.1 Å². The summed E-state index contributed by atoms with van der Waals surface area (Å²) in [6.07, 6.45) is 0. The lowest BCUT2D eigenvalue weighted by molar-refractivity contribution is 0.216. The average molecular weight is 242 g/mol. The first-order chi connectivity index (χ1) is 6.29. The maximum Gasteiger partial charge on any atom is 0.457 e. The molecule has 1 aromatic rings. The van der Waals surface area contributed by atoms with E-state index in [4.69, 9.17) is 0 Å². The van der Waals surface area contributed by atoms with Gasteiger partial charge in [-0.3, -0.25) is 9.08 Å². The summed E-state index contributed by atoms with van der Waals surface area (Å²) in [6, 6.07) is 0.878. The summed E-state index contributed by atoms with van der Waals surface area (Å²) < 4.78 is 28.9. The summed E-state index contributed by atoms with van der Waals surface area (Å²) in [5, 5.41) is 0. The predicted octanol–water partition coefficient (Wildman–Crippen LogP) is -0.978. The maximum atomic E-state index is 11.0. The molecule has 0 aliphatic carbocycles. The van der Waals surface area contributed by atoms with Crippen LogP contribution >= 0.6 is 10.7 Å². The Bertz CT molecular complexity index is 523. The minimum absolute atomic E-state index is 0.0341. The van der Waals surface area contributed by atoms with Crippen molar-refractivity contribution >= 4 is 20.0 Å². The molecule has 1 heterocycles. The van der Waals surface area contributed by atoms with Crippen molar-refractivity contribution in [2.75, 3.05) is 0 Å². The average Bonchev–Trinajstić information content (AvgIpc) is 1.95. The number of hydrogen-bond donors (Lipinski definition) is 0. The highest BCUT2D eigenvalue weighted by Gasteiger charge is 2.13.